The second-order valence-electron chi connectivity index (χ2n) is 7.30. The molecule has 142 valence electrons. The normalized spacial score (nSPS) is 12.9. The molecule has 0 fully saturated rings. The summed E-state index contributed by atoms with van der Waals surface area (Å²) in [5, 5.41) is 0. The van der Waals surface area contributed by atoms with Crippen LogP contribution in [0.25, 0.3) is 0 Å². The van der Waals surface area contributed by atoms with Gasteiger partial charge in [0.05, 0.1) is 0 Å². The molecule has 1 aromatic heterocycles. The topological polar surface area (TPSA) is 49.3 Å². The first-order chi connectivity index (χ1) is 13.6. The third-order valence-corrected chi connectivity index (χ3v) is 5.12. The molecular formula is C23H24N4O. The highest BCUT2D eigenvalue weighted by molar-refractivity contribution is 6.06. The molecule has 4 rings (SSSR count). The Morgan fingerprint density at radius 1 is 1.07 bits per heavy atom. The van der Waals surface area contributed by atoms with Gasteiger partial charge in [-0.1, -0.05) is 48.5 Å². The van der Waals surface area contributed by atoms with Crippen LogP contribution in [-0.4, -0.2) is 28.5 Å². The predicted octanol–water partition coefficient (Wildman–Crippen LogP) is 4.09. The molecule has 5 nitrogen and oxygen atoms in total. The van der Waals surface area contributed by atoms with Crippen molar-refractivity contribution in [1.29, 1.82) is 0 Å². The van der Waals surface area contributed by atoms with Gasteiger partial charge in [0, 0.05) is 30.9 Å². The van der Waals surface area contributed by atoms with Crippen molar-refractivity contribution in [3.8, 4) is 0 Å². The van der Waals surface area contributed by atoms with Crippen LogP contribution in [0.3, 0.4) is 0 Å². The van der Waals surface area contributed by atoms with E-state index < -0.39 is 0 Å². The smallest absolute Gasteiger partial charge is 0.277 e. The number of amides is 1. The van der Waals surface area contributed by atoms with Gasteiger partial charge < -0.3 is 9.80 Å². The Morgan fingerprint density at radius 3 is 2.61 bits per heavy atom. The average molecular weight is 372 g/mol. The maximum absolute atomic E-state index is 13.1. The van der Waals surface area contributed by atoms with Gasteiger partial charge in [0.15, 0.2) is 0 Å². The Morgan fingerprint density at radius 2 is 1.82 bits per heavy atom. The minimum absolute atomic E-state index is 0.0722. The Bertz CT molecular complexity index is 971. The molecule has 2 aromatic carbocycles. The molecule has 2 heterocycles. The van der Waals surface area contributed by atoms with Crippen molar-refractivity contribution in [2.24, 2.45) is 0 Å². The van der Waals surface area contributed by atoms with Crippen molar-refractivity contribution < 1.29 is 4.79 Å². The standard InChI is InChI=1S/C23H24N4O/c1-17(2)27(15-18-8-4-3-5-9-18)22-14-20(24-16-25-22)23(28)26-13-12-19-10-6-7-11-21(19)26/h3-11,14,16-17H,12-13,15H2,1-2H3. The molecular weight excluding hydrogens is 348 g/mol. The number of rotatable bonds is 5. The van der Waals surface area contributed by atoms with Crippen LogP contribution in [0.5, 0.6) is 0 Å². The summed E-state index contributed by atoms with van der Waals surface area (Å²) >= 11 is 0. The molecule has 0 saturated carbocycles. The summed E-state index contributed by atoms with van der Waals surface area (Å²) in [5.41, 5.74) is 3.83. The Kier molecular flexibility index (Phi) is 5.06. The summed E-state index contributed by atoms with van der Waals surface area (Å²) in [5.74, 6) is 0.696. The lowest BCUT2D eigenvalue weighted by atomic mass is 10.2. The Balaban J connectivity index is 1.61. The first kappa shape index (κ1) is 18.2. The van der Waals surface area contributed by atoms with Gasteiger partial charge in [-0.25, -0.2) is 9.97 Å². The van der Waals surface area contributed by atoms with Gasteiger partial charge in [-0.3, -0.25) is 4.79 Å². The molecule has 28 heavy (non-hydrogen) atoms. The van der Waals surface area contributed by atoms with Crippen molar-refractivity contribution in [2.45, 2.75) is 32.9 Å². The summed E-state index contributed by atoms with van der Waals surface area (Å²) < 4.78 is 0. The number of para-hydroxylation sites is 1. The van der Waals surface area contributed by atoms with E-state index in [0.29, 0.717) is 12.2 Å². The average Bonchev–Trinajstić information content (AvgIpc) is 3.16. The quantitative estimate of drug-likeness (QED) is 0.677. The monoisotopic (exact) mass is 372 g/mol. The maximum atomic E-state index is 13.1. The van der Waals surface area contributed by atoms with E-state index in [2.05, 4.69) is 46.9 Å². The number of anilines is 2. The van der Waals surface area contributed by atoms with Crippen LogP contribution in [-0.2, 0) is 13.0 Å². The molecule has 3 aromatic rings. The van der Waals surface area contributed by atoms with E-state index in [1.54, 1.807) is 0 Å². The van der Waals surface area contributed by atoms with Crippen LogP contribution in [0, 0.1) is 0 Å². The number of nitrogens with zero attached hydrogens (tertiary/aromatic N) is 4. The van der Waals surface area contributed by atoms with Crippen LogP contribution in [0.15, 0.2) is 67.0 Å². The zero-order valence-electron chi connectivity index (χ0n) is 16.2. The number of hydrogen-bond donors (Lipinski definition) is 0. The molecule has 0 spiro atoms. The van der Waals surface area contributed by atoms with Gasteiger partial charge in [0.1, 0.15) is 17.8 Å². The van der Waals surface area contributed by atoms with E-state index in [1.807, 2.05) is 47.4 Å². The van der Waals surface area contributed by atoms with E-state index in [4.69, 9.17) is 0 Å². The van der Waals surface area contributed by atoms with Crippen LogP contribution in [0.2, 0.25) is 0 Å². The second-order valence-corrected chi connectivity index (χ2v) is 7.30. The van der Waals surface area contributed by atoms with Crippen LogP contribution < -0.4 is 9.80 Å². The molecule has 1 amide bonds. The predicted molar refractivity (Wildman–Crippen MR) is 112 cm³/mol. The molecule has 0 atom stereocenters. The van der Waals surface area contributed by atoms with Crippen molar-refractivity contribution in [2.75, 3.05) is 16.3 Å². The Hall–Kier alpha value is -3.21. The molecule has 0 N–H and O–H groups in total. The van der Waals surface area contributed by atoms with E-state index in [0.717, 1.165) is 24.5 Å². The zero-order chi connectivity index (χ0) is 19.5. The molecule has 1 aliphatic heterocycles. The lowest BCUT2D eigenvalue weighted by Gasteiger charge is -2.28. The number of hydrogen-bond acceptors (Lipinski definition) is 4. The molecule has 0 aliphatic carbocycles. The lowest BCUT2D eigenvalue weighted by molar-refractivity contribution is 0.0984. The van der Waals surface area contributed by atoms with Crippen molar-refractivity contribution in [3.63, 3.8) is 0 Å². The SMILES string of the molecule is CC(C)N(Cc1ccccc1)c1cc(C(=O)N2CCc3ccccc32)ncn1. The van der Waals surface area contributed by atoms with Crippen LogP contribution >= 0.6 is 0 Å². The van der Waals surface area contributed by atoms with Gasteiger partial charge in [-0.05, 0) is 37.5 Å². The van der Waals surface area contributed by atoms with Crippen LogP contribution in [0.1, 0.15) is 35.5 Å². The van der Waals surface area contributed by atoms with Crippen molar-refractivity contribution in [1.82, 2.24) is 9.97 Å². The first-order valence-electron chi connectivity index (χ1n) is 9.66. The first-order valence-corrected chi connectivity index (χ1v) is 9.66. The third-order valence-electron chi connectivity index (χ3n) is 5.12. The van der Waals surface area contributed by atoms with E-state index in [1.165, 1.54) is 17.5 Å². The van der Waals surface area contributed by atoms with Gasteiger partial charge in [-0.2, -0.15) is 0 Å². The minimum Gasteiger partial charge on any atom is -0.350 e. The van der Waals surface area contributed by atoms with Crippen molar-refractivity contribution in [3.05, 3.63) is 83.8 Å². The summed E-state index contributed by atoms with van der Waals surface area (Å²) in [6.45, 7) is 5.68. The highest BCUT2D eigenvalue weighted by atomic mass is 16.2. The molecule has 0 bridgehead atoms. The fraction of sp³-hybridized carbons (Fsp3) is 0.261. The van der Waals surface area contributed by atoms with Crippen molar-refractivity contribution >= 4 is 17.4 Å². The number of carbonyl (C=O) groups is 1. The fourth-order valence-corrected chi connectivity index (χ4v) is 3.62. The van der Waals surface area contributed by atoms with Gasteiger partial charge in [-0.15, -0.1) is 0 Å². The summed E-state index contributed by atoms with van der Waals surface area (Å²) in [7, 11) is 0. The van der Waals surface area contributed by atoms with Gasteiger partial charge in [0.25, 0.3) is 5.91 Å². The molecule has 0 saturated heterocycles. The number of benzene rings is 2. The maximum Gasteiger partial charge on any atom is 0.277 e. The van der Waals surface area contributed by atoms with Gasteiger partial charge >= 0.3 is 0 Å². The summed E-state index contributed by atoms with van der Waals surface area (Å²) in [6.07, 6.45) is 2.37. The zero-order valence-corrected chi connectivity index (χ0v) is 16.2. The number of fused-ring (bicyclic) bond motifs is 1. The molecule has 1 aliphatic rings. The van der Waals surface area contributed by atoms with E-state index in [9.17, 15) is 4.79 Å². The van der Waals surface area contributed by atoms with Crippen LogP contribution in [0.4, 0.5) is 11.5 Å². The summed E-state index contributed by atoms with van der Waals surface area (Å²) in [4.78, 5) is 25.9. The van der Waals surface area contributed by atoms with E-state index in [-0.39, 0.29) is 11.9 Å². The summed E-state index contributed by atoms with van der Waals surface area (Å²) in [6, 6.07) is 20.4. The molecule has 0 radical (unpaired) electrons. The molecule has 0 unspecified atom stereocenters. The van der Waals surface area contributed by atoms with E-state index >= 15 is 0 Å². The second kappa shape index (κ2) is 7.80. The Labute approximate surface area is 165 Å². The van der Waals surface area contributed by atoms with Gasteiger partial charge in [0.2, 0.25) is 0 Å². The molecule has 5 heteroatoms. The fourth-order valence-electron chi connectivity index (χ4n) is 3.62. The number of aromatic nitrogens is 2. The minimum atomic E-state index is -0.0722. The number of carbonyl (C=O) groups excluding carboxylic acids is 1. The third kappa shape index (κ3) is 3.60. The highest BCUT2D eigenvalue weighted by Gasteiger charge is 2.26. The largest absolute Gasteiger partial charge is 0.350 e. The highest BCUT2D eigenvalue weighted by Crippen LogP contribution is 2.29. The lowest BCUT2D eigenvalue weighted by Crippen LogP contribution is -2.33.